The number of halogens is 4. The van der Waals surface area contributed by atoms with Crippen LogP contribution in [0.15, 0.2) is 117 Å². The monoisotopic (exact) mass is 945 g/mol. The van der Waals surface area contributed by atoms with E-state index < -0.39 is 52.8 Å². The van der Waals surface area contributed by atoms with E-state index in [4.69, 9.17) is 16.3 Å². The number of morpholine rings is 1. The second-order valence-corrected chi connectivity index (χ2v) is 21.0. The molecular weight excluding hydrogens is 895 g/mol. The zero-order valence-electron chi connectivity index (χ0n) is 34.7. The summed E-state index contributed by atoms with van der Waals surface area (Å²) in [6.45, 7) is 7.08. The van der Waals surface area contributed by atoms with Gasteiger partial charge < -0.3 is 15.0 Å². The van der Waals surface area contributed by atoms with Crippen molar-refractivity contribution in [1.82, 2.24) is 14.5 Å². The maximum Gasteiger partial charge on any atom is 0.501 e. The summed E-state index contributed by atoms with van der Waals surface area (Å²) in [6.07, 6.45) is 4.90. The summed E-state index contributed by atoms with van der Waals surface area (Å²) in [5, 5.41) is 3.71. The van der Waals surface area contributed by atoms with Crippen molar-refractivity contribution in [1.29, 1.82) is 0 Å². The molecule has 1 atom stereocenters. The van der Waals surface area contributed by atoms with Gasteiger partial charge in [-0.1, -0.05) is 47.5 Å². The van der Waals surface area contributed by atoms with Crippen LogP contribution < -0.4 is 14.9 Å². The van der Waals surface area contributed by atoms with E-state index >= 15 is 0 Å². The van der Waals surface area contributed by atoms with Gasteiger partial charge >= 0.3 is 5.51 Å². The number of anilines is 2. The average molecular weight is 947 g/mol. The normalized spacial score (nSPS) is 17.7. The maximum absolute atomic E-state index is 14.2. The highest BCUT2D eigenvalue weighted by Crippen LogP contribution is 2.37. The first kappa shape index (κ1) is 46.9. The lowest BCUT2D eigenvalue weighted by atomic mass is 9.87. The number of piperazine rings is 1. The molecule has 63 heavy (non-hydrogen) atoms. The first-order valence-corrected chi connectivity index (χ1v) is 25.3. The zero-order chi connectivity index (χ0) is 44.6. The number of rotatable bonds is 16. The van der Waals surface area contributed by atoms with Crippen LogP contribution >= 0.6 is 23.4 Å². The number of nitrogens with zero attached hydrogens (tertiary/aromatic N) is 3. The van der Waals surface area contributed by atoms with Crippen LogP contribution in [0.4, 0.5) is 24.5 Å². The number of hydrogen-bond acceptors (Lipinski definition) is 11. The van der Waals surface area contributed by atoms with E-state index in [9.17, 15) is 34.8 Å². The van der Waals surface area contributed by atoms with E-state index in [1.807, 2.05) is 47.2 Å². The Kier molecular flexibility index (Phi) is 15.5. The molecule has 3 aliphatic rings. The highest BCUT2D eigenvalue weighted by molar-refractivity contribution is 7.99. The third kappa shape index (κ3) is 12.2. The van der Waals surface area contributed by atoms with Crippen LogP contribution in [0.5, 0.6) is 0 Å². The van der Waals surface area contributed by atoms with Gasteiger partial charge in [0.25, 0.3) is 25.8 Å². The minimum absolute atomic E-state index is 0.000347. The molecule has 18 heteroatoms. The number of carbonyl (C=O) groups excluding carboxylic acids is 1. The molecule has 1 amide bonds. The summed E-state index contributed by atoms with van der Waals surface area (Å²) in [4.78, 5) is 18.9. The number of sulfone groups is 1. The number of hydrogen-bond donors (Lipinski definition) is 2. The van der Waals surface area contributed by atoms with Gasteiger partial charge in [0.1, 0.15) is 4.90 Å². The van der Waals surface area contributed by atoms with E-state index in [0.29, 0.717) is 51.1 Å². The Balaban J connectivity index is 1.01. The molecule has 4 aromatic rings. The van der Waals surface area contributed by atoms with E-state index in [1.165, 1.54) is 53.4 Å². The minimum atomic E-state index is -6.05. The summed E-state index contributed by atoms with van der Waals surface area (Å²) in [7, 11) is -10.9. The van der Waals surface area contributed by atoms with Gasteiger partial charge in [0.05, 0.1) is 23.8 Å². The van der Waals surface area contributed by atoms with Crippen molar-refractivity contribution < 1.29 is 39.5 Å². The number of carbonyl (C=O) groups is 1. The van der Waals surface area contributed by atoms with E-state index in [1.54, 1.807) is 12.1 Å². The molecule has 2 N–H and O–H groups in total. The van der Waals surface area contributed by atoms with Crippen molar-refractivity contribution in [2.75, 3.05) is 81.5 Å². The second kappa shape index (κ2) is 20.8. The van der Waals surface area contributed by atoms with Crippen molar-refractivity contribution in [3.8, 4) is 0 Å². The molecule has 0 radical (unpaired) electrons. The molecule has 0 spiro atoms. The third-order valence-electron chi connectivity index (χ3n) is 11.6. The topological polar surface area (TPSA) is 128 Å². The second-order valence-electron chi connectivity index (χ2n) is 15.9. The number of ether oxygens (including phenoxy) is 1. The molecule has 0 saturated carbocycles. The fraction of sp³-hybridized carbons (Fsp3) is 0.400. The average Bonchev–Trinajstić information content (AvgIpc) is 3.28. The van der Waals surface area contributed by atoms with E-state index in [-0.39, 0.29) is 5.56 Å². The van der Waals surface area contributed by atoms with Gasteiger partial charge in [-0.25, -0.2) is 21.6 Å². The Bertz CT molecular complexity index is 2450. The van der Waals surface area contributed by atoms with Crippen molar-refractivity contribution in [2.45, 2.75) is 58.3 Å². The summed E-state index contributed by atoms with van der Waals surface area (Å²) in [6, 6.07) is 25.8. The summed E-state index contributed by atoms with van der Waals surface area (Å²) >= 11 is 7.59. The Labute approximate surface area is 377 Å². The molecular formula is C45H51ClF3N5O6S3. The molecule has 2 aliphatic heterocycles. The lowest BCUT2D eigenvalue weighted by Crippen LogP contribution is -2.47. The SMILES string of the molecule is O=C(NS(=O)(=O)c1ccc(N[C@H](CCN2CCOCC2)CSc2ccccc2)c(S(=O)(=O)C(F)(F)F)c1)c1ccc(N2CCN(CC3=C(c4ccc(Cl)cc4)CCCC3)CC2)cc1. The fourth-order valence-electron chi connectivity index (χ4n) is 8.07. The van der Waals surface area contributed by atoms with Crippen LogP contribution in [0.1, 0.15) is 48.0 Å². The molecule has 7 rings (SSSR count). The number of allylic oxidation sites excluding steroid dienone is 1. The fourth-order valence-corrected chi connectivity index (χ4v) is 11.2. The largest absolute Gasteiger partial charge is 0.501 e. The maximum atomic E-state index is 14.2. The Morgan fingerprint density at radius 3 is 2.17 bits per heavy atom. The third-order valence-corrected chi connectivity index (χ3v) is 15.9. The van der Waals surface area contributed by atoms with Crippen LogP contribution in [0.25, 0.3) is 5.57 Å². The van der Waals surface area contributed by atoms with Crippen molar-refractivity contribution >= 4 is 66.1 Å². The molecule has 4 aromatic carbocycles. The zero-order valence-corrected chi connectivity index (χ0v) is 37.9. The summed E-state index contributed by atoms with van der Waals surface area (Å²) in [5.74, 6) is -0.650. The van der Waals surface area contributed by atoms with Gasteiger partial charge in [-0.05, 0) is 110 Å². The molecule has 0 aromatic heterocycles. The van der Waals surface area contributed by atoms with Gasteiger partial charge in [0, 0.05) is 85.3 Å². The van der Waals surface area contributed by atoms with Gasteiger partial charge in [-0.2, -0.15) is 13.2 Å². The van der Waals surface area contributed by atoms with Gasteiger partial charge in [-0.3, -0.25) is 14.6 Å². The molecule has 11 nitrogen and oxygen atoms in total. The number of sulfonamides is 1. The lowest BCUT2D eigenvalue weighted by molar-refractivity contribution is -0.0435. The number of amides is 1. The molecule has 0 bridgehead atoms. The van der Waals surface area contributed by atoms with Crippen LogP contribution in [-0.4, -0.2) is 115 Å². The van der Waals surface area contributed by atoms with Gasteiger partial charge in [0.2, 0.25) is 0 Å². The Morgan fingerprint density at radius 1 is 0.810 bits per heavy atom. The van der Waals surface area contributed by atoms with Crippen LogP contribution in [0, 0.1) is 0 Å². The summed E-state index contributed by atoms with van der Waals surface area (Å²) < 4.78 is 103. The lowest BCUT2D eigenvalue weighted by Gasteiger charge is -2.37. The molecule has 338 valence electrons. The molecule has 2 fully saturated rings. The van der Waals surface area contributed by atoms with Crippen molar-refractivity contribution in [3.05, 3.63) is 119 Å². The van der Waals surface area contributed by atoms with Gasteiger partial charge in [-0.15, -0.1) is 11.8 Å². The molecule has 0 unspecified atom stereocenters. The van der Waals surface area contributed by atoms with Gasteiger partial charge in [0.15, 0.2) is 0 Å². The van der Waals surface area contributed by atoms with E-state index in [0.717, 1.165) is 73.3 Å². The predicted octanol–water partition coefficient (Wildman–Crippen LogP) is 8.20. The molecule has 1 aliphatic carbocycles. The standard InChI is InChI=1S/C45H51ClF3N5O6S3/c46-36-14-10-33(11-15-36)41-9-5-4-6-35(41)31-53-22-24-54(25-23-53)38-16-12-34(13-17-38)44(55)51-63(58,59)40-18-19-42(43(30-40)62(56,57)45(47,48)49)50-37(20-21-52-26-28-60-29-27-52)32-61-39-7-2-1-3-8-39/h1-3,7-8,10-19,30,37,50H,4-6,9,20-29,31-32H2,(H,51,55)/t37-/m1/s1. The first-order chi connectivity index (χ1) is 30.2. The van der Waals surface area contributed by atoms with Crippen molar-refractivity contribution in [3.63, 3.8) is 0 Å². The first-order valence-electron chi connectivity index (χ1n) is 21.0. The van der Waals surface area contributed by atoms with Crippen LogP contribution in [-0.2, 0) is 24.6 Å². The van der Waals surface area contributed by atoms with Crippen LogP contribution in [0.2, 0.25) is 5.02 Å². The smallest absolute Gasteiger partial charge is 0.380 e. The number of nitrogens with one attached hydrogen (secondary N) is 2. The van der Waals surface area contributed by atoms with E-state index in [2.05, 4.69) is 32.1 Å². The predicted molar refractivity (Wildman–Crippen MR) is 243 cm³/mol. The Hall–Kier alpha value is -4.10. The number of alkyl halides is 3. The number of thioether (sulfide) groups is 1. The minimum Gasteiger partial charge on any atom is -0.380 e. The van der Waals surface area contributed by atoms with Crippen molar-refractivity contribution in [2.24, 2.45) is 0 Å². The Morgan fingerprint density at radius 2 is 1.49 bits per heavy atom. The molecule has 2 heterocycles. The van der Waals surface area contributed by atoms with Crippen LogP contribution in [0.3, 0.4) is 0 Å². The highest BCUT2D eigenvalue weighted by atomic mass is 35.5. The summed E-state index contributed by atoms with van der Waals surface area (Å²) in [5.41, 5.74) is -1.19. The number of benzene rings is 4. The highest BCUT2D eigenvalue weighted by Gasteiger charge is 2.48. The quantitative estimate of drug-likeness (QED) is 0.106. The molecule has 2 saturated heterocycles.